The van der Waals surface area contributed by atoms with Gasteiger partial charge in [0.15, 0.2) is 0 Å². The number of benzene rings is 2. The minimum absolute atomic E-state index is 0. The monoisotopic (exact) mass is 1360 g/mol. The third kappa shape index (κ3) is 50.4. The quantitative estimate of drug-likeness (QED) is 0.0150. The van der Waals surface area contributed by atoms with Crippen molar-refractivity contribution in [1.29, 1.82) is 0 Å². The van der Waals surface area contributed by atoms with E-state index in [1.165, 1.54) is 256 Å². The van der Waals surface area contributed by atoms with E-state index in [4.69, 9.17) is 18.9 Å². The molecule has 2 aromatic rings. The van der Waals surface area contributed by atoms with Crippen LogP contribution in [0.2, 0.25) is 0 Å². The summed E-state index contributed by atoms with van der Waals surface area (Å²) in [5.41, 5.74) is -1.01. The third-order valence-electron chi connectivity index (χ3n) is 16.4. The Labute approximate surface area is 595 Å². The van der Waals surface area contributed by atoms with Crippen LogP contribution in [0.15, 0.2) is 95.5 Å². The maximum Gasteiger partial charge on any atom is 2.00 e. The summed E-state index contributed by atoms with van der Waals surface area (Å²) in [5.74, 6) is -3.53. The van der Waals surface area contributed by atoms with E-state index in [1.807, 2.05) is 0 Å². The molecular weight excluding hydrogens is 1240 g/mol. The first-order chi connectivity index (χ1) is 44.6. The second-order valence-corrected chi connectivity index (χ2v) is 27.5. The summed E-state index contributed by atoms with van der Waals surface area (Å²) in [6.07, 6.45) is 70.0. The van der Waals surface area contributed by atoms with Crippen molar-refractivity contribution < 1.29 is 64.1 Å². The SMILES string of the molecule is CCCCCCCCCCCCC/C=C/OC(=O)c1ccc(S(=O)(=O)[O-])cc1C(=O)O/C=C/CCCCCCCCCCCCC.CCCCCCCCCCCCC/C=C/OC(=O)c1ccc(S(=O)(=O)[O-])cc1C(=O)O/C=C/CCCCCCCCCCCCC.[Ca+2]. The van der Waals surface area contributed by atoms with Gasteiger partial charge >= 0.3 is 61.6 Å². The van der Waals surface area contributed by atoms with Crippen LogP contribution in [0.25, 0.3) is 0 Å². The van der Waals surface area contributed by atoms with Gasteiger partial charge in [0.25, 0.3) is 0 Å². The number of carbonyl (C=O) groups excluding carboxylic acids is 4. The van der Waals surface area contributed by atoms with Gasteiger partial charge in [0.1, 0.15) is 20.2 Å². The molecule has 17 heteroatoms. The maximum absolute atomic E-state index is 12.8. The molecule has 0 aliphatic heterocycles. The average molecular weight is 1360 g/mol. The minimum Gasteiger partial charge on any atom is -0.744 e. The second-order valence-electron chi connectivity index (χ2n) is 24.7. The molecule has 93 heavy (non-hydrogen) atoms. The van der Waals surface area contributed by atoms with Crippen LogP contribution in [0, 0.1) is 0 Å². The molecule has 0 unspecified atom stereocenters. The Morgan fingerprint density at radius 2 is 0.462 bits per heavy atom. The number of allylic oxidation sites excluding steroid dienone is 4. The number of unbranched alkanes of at least 4 members (excludes halogenated alkanes) is 44. The van der Waals surface area contributed by atoms with Gasteiger partial charge in [-0.15, -0.1) is 0 Å². The summed E-state index contributed by atoms with van der Waals surface area (Å²) in [6, 6.07) is 5.94. The standard InChI is InChI=1S/2C38H62O7S.Ca/c2*1-3-5-7-9-11-13-15-17-19-21-23-25-27-31-44-37(39)35-30-29-34(46(41,42)43)33-36(35)38(40)45-32-28-26-24-22-20-18-16-14-12-10-8-6-4-2;/h2*27-33H,3-26H2,1-2H3,(H,41,42,43);/q;;+2/p-2/b2*31-27+,32-28+;. The minimum atomic E-state index is -4.84. The molecule has 0 atom stereocenters. The van der Waals surface area contributed by atoms with E-state index in [2.05, 4.69) is 27.7 Å². The molecule has 14 nitrogen and oxygen atoms in total. The summed E-state index contributed by atoms with van der Waals surface area (Å²) in [4.78, 5) is 49.8. The molecule has 2 aromatic carbocycles. The van der Waals surface area contributed by atoms with Crippen molar-refractivity contribution in [3.63, 3.8) is 0 Å². The molecule has 0 spiro atoms. The van der Waals surface area contributed by atoms with Crippen LogP contribution in [0.1, 0.15) is 377 Å². The molecule has 0 amide bonds. The Bertz CT molecular complexity index is 2400. The Kier molecular flexibility index (Phi) is 59.5. The fourth-order valence-electron chi connectivity index (χ4n) is 10.7. The van der Waals surface area contributed by atoms with Gasteiger partial charge in [-0.1, -0.05) is 285 Å². The molecule has 0 saturated carbocycles. The number of rotatable bonds is 58. The largest absolute Gasteiger partial charge is 2.00 e. The molecular formula is C76H122CaO14S2. The number of hydrogen-bond acceptors (Lipinski definition) is 14. The summed E-state index contributed by atoms with van der Waals surface area (Å²) in [7, 11) is -9.67. The van der Waals surface area contributed by atoms with E-state index in [-0.39, 0.29) is 60.0 Å². The van der Waals surface area contributed by atoms with E-state index in [9.17, 15) is 45.1 Å². The van der Waals surface area contributed by atoms with Crippen molar-refractivity contribution in [2.24, 2.45) is 0 Å². The van der Waals surface area contributed by atoms with Gasteiger partial charge in [-0.3, -0.25) is 0 Å². The van der Waals surface area contributed by atoms with Gasteiger partial charge in [-0.2, -0.15) is 0 Å². The third-order valence-corrected chi connectivity index (χ3v) is 18.1. The summed E-state index contributed by atoms with van der Waals surface area (Å²) in [5, 5.41) is 0. The van der Waals surface area contributed by atoms with E-state index >= 15 is 0 Å². The topological polar surface area (TPSA) is 220 Å². The molecule has 0 heterocycles. The first-order valence-corrected chi connectivity index (χ1v) is 39.1. The van der Waals surface area contributed by atoms with Crippen molar-refractivity contribution in [3.05, 3.63) is 108 Å². The molecule has 0 fully saturated rings. The molecule has 2 rings (SSSR count). The first kappa shape index (κ1) is 89.4. The molecule has 0 radical (unpaired) electrons. The Morgan fingerprint density at radius 1 is 0.290 bits per heavy atom. The fraction of sp³-hybridized carbons (Fsp3) is 0.684. The first-order valence-electron chi connectivity index (χ1n) is 36.3. The van der Waals surface area contributed by atoms with E-state index in [0.29, 0.717) is 0 Å². The van der Waals surface area contributed by atoms with Gasteiger partial charge in [0, 0.05) is 0 Å². The zero-order chi connectivity index (χ0) is 67.4. The van der Waals surface area contributed by atoms with Crippen LogP contribution in [0.3, 0.4) is 0 Å². The zero-order valence-corrected chi connectivity index (χ0v) is 62.1. The van der Waals surface area contributed by atoms with Gasteiger partial charge in [0.05, 0.1) is 57.1 Å². The molecule has 0 aliphatic carbocycles. The summed E-state index contributed by atoms with van der Waals surface area (Å²) in [6.45, 7) is 8.94. The molecule has 0 aromatic heterocycles. The van der Waals surface area contributed by atoms with Crippen molar-refractivity contribution in [1.82, 2.24) is 0 Å². The predicted octanol–water partition coefficient (Wildman–Crippen LogP) is 22.3. The predicted molar refractivity (Wildman–Crippen MR) is 377 cm³/mol. The van der Waals surface area contributed by atoms with Crippen LogP contribution < -0.4 is 0 Å². The number of hydrogen-bond donors (Lipinski definition) is 0. The molecule has 524 valence electrons. The van der Waals surface area contributed by atoms with Gasteiger partial charge in [0.2, 0.25) is 0 Å². The molecule has 0 N–H and O–H groups in total. The van der Waals surface area contributed by atoms with Crippen LogP contribution >= 0.6 is 0 Å². The summed E-state index contributed by atoms with van der Waals surface area (Å²) < 4.78 is 90.1. The maximum atomic E-state index is 12.8. The normalized spacial score (nSPS) is 11.8. The van der Waals surface area contributed by atoms with Crippen LogP contribution in [0.4, 0.5) is 0 Å². The fourth-order valence-corrected chi connectivity index (χ4v) is 11.7. The Morgan fingerprint density at radius 3 is 0.645 bits per heavy atom. The number of esters is 4. The molecule has 0 aliphatic rings. The average Bonchev–Trinajstić information content (AvgIpc) is 0.860. The van der Waals surface area contributed by atoms with Gasteiger partial charge in [-0.25, -0.2) is 36.0 Å². The van der Waals surface area contributed by atoms with Crippen LogP contribution in [0.5, 0.6) is 0 Å². The molecule has 0 saturated heterocycles. The van der Waals surface area contributed by atoms with E-state index in [0.717, 1.165) is 113 Å². The number of carbonyl (C=O) groups is 4. The molecule has 0 bridgehead atoms. The van der Waals surface area contributed by atoms with E-state index in [1.54, 1.807) is 24.3 Å². The van der Waals surface area contributed by atoms with Crippen molar-refractivity contribution in [2.45, 2.75) is 346 Å². The smallest absolute Gasteiger partial charge is 0.744 e. The van der Waals surface area contributed by atoms with Gasteiger partial charge < -0.3 is 28.1 Å². The Balaban J connectivity index is 0.00000180. The van der Waals surface area contributed by atoms with Crippen molar-refractivity contribution in [2.75, 3.05) is 0 Å². The van der Waals surface area contributed by atoms with Crippen LogP contribution in [-0.4, -0.2) is 87.6 Å². The van der Waals surface area contributed by atoms with E-state index < -0.39 is 53.9 Å². The van der Waals surface area contributed by atoms with Gasteiger partial charge in [-0.05, 0) is 112 Å². The van der Waals surface area contributed by atoms with Crippen LogP contribution in [-0.2, 0) is 39.2 Å². The zero-order valence-electron chi connectivity index (χ0n) is 58.3. The van der Waals surface area contributed by atoms with Crippen molar-refractivity contribution >= 4 is 81.9 Å². The van der Waals surface area contributed by atoms with Crippen molar-refractivity contribution in [3.8, 4) is 0 Å². The Hall–Kier alpha value is -3.64. The summed E-state index contributed by atoms with van der Waals surface area (Å²) >= 11 is 0. The second kappa shape index (κ2) is 61.9. The number of ether oxygens (including phenoxy) is 4.